The third-order valence-corrected chi connectivity index (χ3v) is 3.95. The van der Waals surface area contributed by atoms with Crippen LogP contribution in [-0.4, -0.2) is 26.3 Å². The molecule has 2 aromatic carbocycles. The van der Waals surface area contributed by atoms with Crippen LogP contribution < -0.4 is 20.1 Å². The highest BCUT2D eigenvalue weighted by Crippen LogP contribution is 2.28. The first-order valence-electron chi connectivity index (χ1n) is 7.83. The van der Waals surface area contributed by atoms with Crippen LogP contribution in [0.2, 0.25) is 10.0 Å². The topological polar surface area (TPSA) is 59.6 Å². The van der Waals surface area contributed by atoms with Crippen molar-refractivity contribution >= 4 is 34.9 Å². The van der Waals surface area contributed by atoms with E-state index >= 15 is 0 Å². The normalized spacial score (nSPS) is 10.2. The van der Waals surface area contributed by atoms with Crippen molar-refractivity contribution in [3.8, 4) is 11.5 Å². The fourth-order valence-electron chi connectivity index (χ4n) is 2.22. The number of urea groups is 1. The van der Waals surface area contributed by atoms with Crippen LogP contribution in [0.4, 0.5) is 10.5 Å². The van der Waals surface area contributed by atoms with Crippen molar-refractivity contribution in [3.05, 3.63) is 52.0 Å². The predicted molar refractivity (Wildman–Crippen MR) is 101 cm³/mol. The van der Waals surface area contributed by atoms with Gasteiger partial charge in [0, 0.05) is 11.6 Å². The summed E-state index contributed by atoms with van der Waals surface area (Å²) in [5.41, 5.74) is 1.54. The molecule has 0 saturated carbocycles. The average Bonchev–Trinajstić information content (AvgIpc) is 2.59. The van der Waals surface area contributed by atoms with Crippen LogP contribution in [-0.2, 0) is 6.42 Å². The largest absolute Gasteiger partial charge is 0.493 e. The highest BCUT2D eigenvalue weighted by atomic mass is 35.5. The van der Waals surface area contributed by atoms with Crippen molar-refractivity contribution < 1.29 is 14.3 Å². The molecule has 134 valence electrons. The van der Waals surface area contributed by atoms with E-state index in [-0.39, 0.29) is 6.03 Å². The van der Waals surface area contributed by atoms with E-state index in [1.807, 2.05) is 25.1 Å². The molecular weight excluding hydrogens is 363 g/mol. The second-order valence-electron chi connectivity index (χ2n) is 5.17. The molecule has 0 aliphatic rings. The number of hydrogen-bond acceptors (Lipinski definition) is 3. The number of hydrogen-bond donors (Lipinski definition) is 2. The van der Waals surface area contributed by atoms with E-state index in [2.05, 4.69) is 10.6 Å². The molecule has 0 bridgehead atoms. The number of amides is 2. The van der Waals surface area contributed by atoms with E-state index in [1.54, 1.807) is 25.3 Å². The molecule has 0 unspecified atom stereocenters. The van der Waals surface area contributed by atoms with Crippen LogP contribution in [0.1, 0.15) is 12.5 Å². The molecule has 0 radical (unpaired) electrons. The van der Waals surface area contributed by atoms with Gasteiger partial charge in [-0.2, -0.15) is 0 Å². The smallest absolute Gasteiger partial charge is 0.319 e. The van der Waals surface area contributed by atoms with E-state index in [9.17, 15) is 4.79 Å². The van der Waals surface area contributed by atoms with Crippen molar-refractivity contribution in [1.82, 2.24) is 5.32 Å². The first kappa shape index (κ1) is 19.2. The molecular formula is C18H20Cl2N2O3. The Morgan fingerprint density at radius 3 is 2.60 bits per heavy atom. The standard InChI is InChI=1S/C18H20Cl2N2O3/c1-3-25-16-7-4-12(10-17(16)24-2)8-9-21-18(23)22-15-6-5-13(19)11-14(15)20/h4-7,10-11H,3,8-9H2,1-2H3,(H2,21,22,23). The summed E-state index contributed by atoms with van der Waals surface area (Å²) >= 11 is 11.9. The molecule has 5 nitrogen and oxygen atoms in total. The molecule has 0 aromatic heterocycles. The van der Waals surface area contributed by atoms with Gasteiger partial charge in [0.05, 0.1) is 24.4 Å². The van der Waals surface area contributed by atoms with Crippen LogP contribution >= 0.6 is 23.2 Å². The maximum Gasteiger partial charge on any atom is 0.319 e. The minimum Gasteiger partial charge on any atom is -0.493 e. The fraction of sp³-hybridized carbons (Fsp3) is 0.278. The third kappa shape index (κ3) is 5.73. The number of rotatable bonds is 7. The second-order valence-corrected chi connectivity index (χ2v) is 6.02. The molecule has 2 amide bonds. The molecule has 0 spiro atoms. The summed E-state index contributed by atoms with van der Waals surface area (Å²) < 4.78 is 10.8. The summed E-state index contributed by atoms with van der Waals surface area (Å²) in [4.78, 5) is 11.9. The number of carbonyl (C=O) groups excluding carboxylic acids is 1. The monoisotopic (exact) mass is 382 g/mol. The number of benzene rings is 2. The van der Waals surface area contributed by atoms with Gasteiger partial charge in [-0.25, -0.2) is 4.79 Å². The van der Waals surface area contributed by atoms with E-state index in [0.29, 0.717) is 46.8 Å². The number of nitrogens with one attached hydrogen (secondary N) is 2. The number of ether oxygens (including phenoxy) is 2. The SMILES string of the molecule is CCOc1ccc(CCNC(=O)Nc2ccc(Cl)cc2Cl)cc1OC. The summed E-state index contributed by atoms with van der Waals surface area (Å²) in [6, 6.07) is 10.3. The van der Waals surface area contributed by atoms with Gasteiger partial charge in [0.25, 0.3) is 0 Å². The van der Waals surface area contributed by atoms with Crippen molar-refractivity contribution in [3.63, 3.8) is 0 Å². The summed E-state index contributed by atoms with van der Waals surface area (Å²) in [6.45, 7) is 2.96. The molecule has 2 N–H and O–H groups in total. The molecule has 0 aliphatic heterocycles. The van der Waals surface area contributed by atoms with Gasteiger partial charge in [0.2, 0.25) is 0 Å². The molecule has 0 fully saturated rings. The van der Waals surface area contributed by atoms with E-state index in [4.69, 9.17) is 32.7 Å². The quantitative estimate of drug-likeness (QED) is 0.725. The molecule has 25 heavy (non-hydrogen) atoms. The van der Waals surface area contributed by atoms with Gasteiger partial charge < -0.3 is 20.1 Å². The summed E-state index contributed by atoms with van der Waals surface area (Å²) in [7, 11) is 1.60. The van der Waals surface area contributed by atoms with Crippen molar-refractivity contribution in [2.24, 2.45) is 0 Å². The first-order valence-corrected chi connectivity index (χ1v) is 8.58. The first-order chi connectivity index (χ1) is 12.0. The van der Waals surface area contributed by atoms with Gasteiger partial charge in [-0.1, -0.05) is 29.3 Å². The number of methoxy groups -OCH3 is 1. The minimum absolute atomic E-state index is 0.331. The lowest BCUT2D eigenvalue weighted by molar-refractivity contribution is 0.252. The van der Waals surface area contributed by atoms with Crippen LogP contribution in [0, 0.1) is 0 Å². The Kier molecular flexibility index (Phi) is 7.22. The van der Waals surface area contributed by atoms with E-state index in [1.165, 1.54) is 0 Å². The second kappa shape index (κ2) is 9.39. The maximum absolute atomic E-state index is 11.9. The minimum atomic E-state index is -0.331. The Labute approximate surface area is 157 Å². The van der Waals surface area contributed by atoms with Gasteiger partial charge in [-0.15, -0.1) is 0 Å². The van der Waals surface area contributed by atoms with Crippen LogP contribution in [0.3, 0.4) is 0 Å². The summed E-state index contributed by atoms with van der Waals surface area (Å²) in [5, 5.41) is 6.37. The Hall–Kier alpha value is -2.11. The van der Waals surface area contributed by atoms with Gasteiger partial charge in [-0.3, -0.25) is 0 Å². The third-order valence-electron chi connectivity index (χ3n) is 3.41. The van der Waals surface area contributed by atoms with Gasteiger partial charge in [0.1, 0.15) is 0 Å². The number of halogens is 2. The van der Waals surface area contributed by atoms with Gasteiger partial charge >= 0.3 is 6.03 Å². The fourth-order valence-corrected chi connectivity index (χ4v) is 2.68. The summed E-state index contributed by atoms with van der Waals surface area (Å²) in [5.74, 6) is 1.38. The molecule has 2 rings (SSSR count). The lowest BCUT2D eigenvalue weighted by Crippen LogP contribution is -2.30. The number of anilines is 1. The summed E-state index contributed by atoms with van der Waals surface area (Å²) in [6.07, 6.45) is 0.657. The molecule has 0 heterocycles. The lowest BCUT2D eigenvalue weighted by atomic mass is 10.1. The number of carbonyl (C=O) groups is 1. The van der Waals surface area contributed by atoms with Crippen LogP contribution in [0.5, 0.6) is 11.5 Å². The van der Waals surface area contributed by atoms with Gasteiger partial charge in [-0.05, 0) is 49.2 Å². The molecule has 0 aliphatic carbocycles. The molecule has 0 saturated heterocycles. The highest BCUT2D eigenvalue weighted by molar-refractivity contribution is 6.36. The van der Waals surface area contributed by atoms with E-state index in [0.717, 1.165) is 5.56 Å². The maximum atomic E-state index is 11.9. The molecule has 2 aromatic rings. The zero-order chi connectivity index (χ0) is 18.2. The van der Waals surface area contributed by atoms with Gasteiger partial charge in [0.15, 0.2) is 11.5 Å². The zero-order valence-corrected chi connectivity index (χ0v) is 15.6. The van der Waals surface area contributed by atoms with Crippen LogP contribution in [0.15, 0.2) is 36.4 Å². The van der Waals surface area contributed by atoms with Crippen molar-refractivity contribution in [2.45, 2.75) is 13.3 Å². The predicted octanol–water partition coefficient (Wildman–Crippen LogP) is 4.76. The molecule has 0 atom stereocenters. The Morgan fingerprint density at radius 1 is 1.12 bits per heavy atom. The van der Waals surface area contributed by atoms with Crippen LogP contribution in [0.25, 0.3) is 0 Å². The average molecular weight is 383 g/mol. The Balaban J connectivity index is 1.86. The lowest BCUT2D eigenvalue weighted by Gasteiger charge is -2.12. The Morgan fingerprint density at radius 2 is 1.92 bits per heavy atom. The van der Waals surface area contributed by atoms with E-state index < -0.39 is 0 Å². The zero-order valence-electron chi connectivity index (χ0n) is 14.1. The van der Waals surface area contributed by atoms with Crippen molar-refractivity contribution in [2.75, 3.05) is 25.6 Å². The Bertz CT molecular complexity index is 738. The van der Waals surface area contributed by atoms with Crippen molar-refractivity contribution in [1.29, 1.82) is 0 Å². The molecule has 7 heteroatoms. The highest BCUT2D eigenvalue weighted by Gasteiger charge is 2.08.